The van der Waals surface area contributed by atoms with E-state index < -0.39 is 17.6 Å². The van der Waals surface area contributed by atoms with Crippen LogP contribution in [0.5, 0.6) is 0 Å². The lowest BCUT2D eigenvalue weighted by molar-refractivity contribution is -0.129. The maximum Gasteiger partial charge on any atom is 0.360 e. The SMILES string of the molecule is CC[C@H](CNC(=O)[C@H](C)OC(=O)c1n[nH]c(=O)c2ccccc12)c1ccccc1. The number of aromatic nitrogens is 2. The molecule has 1 aromatic heterocycles. The third-order valence-corrected chi connectivity index (χ3v) is 4.83. The number of esters is 1. The zero-order valence-electron chi connectivity index (χ0n) is 16.3. The van der Waals surface area contributed by atoms with Gasteiger partial charge in [-0.1, -0.05) is 55.5 Å². The summed E-state index contributed by atoms with van der Waals surface area (Å²) in [7, 11) is 0. The van der Waals surface area contributed by atoms with E-state index >= 15 is 0 Å². The quantitative estimate of drug-likeness (QED) is 0.601. The number of benzene rings is 2. The summed E-state index contributed by atoms with van der Waals surface area (Å²) in [5, 5.41) is 9.64. The Bertz CT molecular complexity index is 1060. The van der Waals surface area contributed by atoms with Crippen molar-refractivity contribution in [1.29, 1.82) is 0 Å². The predicted molar refractivity (Wildman–Crippen MR) is 110 cm³/mol. The largest absolute Gasteiger partial charge is 0.448 e. The van der Waals surface area contributed by atoms with Crippen LogP contribution in [0.15, 0.2) is 59.4 Å². The van der Waals surface area contributed by atoms with E-state index in [1.54, 1.807) is 24.3 Å². The monoisotopic (exact) mass is 393 g/mol. The van der Waals surface area contributed by atoms with Crippen molar-refractivity contribution in [2.75, 3.05) is 6.54 Å². The summed E-state index contributed by atoms with van der Waals surface area (Å²) in [5.41, 5.74) is 0.717. The van der Waals surface area contributed by atoms with Gasteiger partial charge < -0.3 is 10.1 Å². The average Bonchev–Trinajstić information content (AvgIpc) is 2.75. The Balaban J connectivity index is 1.65. The van der Waals surface area contributed by atoms with E-state index in [0.29, 0.717) is 17.3 Å². The molecule has 2 aromatic carbocycles. The minimum atomic E-state index is -0.997. The maximum absolute atomic E-state index is 12.5. The summed E-state index contributed by atoms with van der Waals surface area (Å²) in [6, 6.07) is 16.5. The Morgan fingerprint density at radius 3 is 2.41 bits per heavy atom. The van der Waals surface area contributed by atoms with Gasteiger partial charge in [-0.3, -0.25) is 9.59 Å². The van der Waals surface area contributed by atoms with Crippen molar-refractivity contribution in [3.63, 3.8) is 0 Å². The van der Waals surface area contributed by atoms with Crippen molar-refractivity contribution >= 4 is 22.6 Å². The molecule has 2 N–H and O–H groups in total. The molecule has 7 heteroatoms. The summed E-state index contributed by atoms with van der Waals surface area (Å²) in [5.74, 6) is -0.982. The van der Waals surface area contributed by atoms with Crippen LogP contribution in [0.1, 0.15) is 42.2 Å². The van der Waals surface area contributed by atoms with Crippen LogP contribution >= 0.6 is 0 Å². The molecule has 0 spiro atoms. The van der Waals surface area contributed by atoms with E-state index in [1.807, 2.05) is 30.3 Å². The molecule has 0 aliphatic rings. The lowest BCUT2D eigenvalue weighted by Gasteiger charge is -2.18. The predicted octanol–water partition coefficient (Wildman–Crippen LogP) is 2.78. The number of nitrogens with one attached hydrogen (secondary N) is 2. The highest BCUT2D eigenvalue weighted by Crippen LogP contribution is 2.18. The van der Waals surface area contributed by atoms with E-state index in [4.69, 9.17) is 4.74 Å². The molecule has 150 valence electrons. The number of fused-ring (bicyclic) bond motifs is 1. The highest BCUT2D eigenvalue weighted by atomic mass is 16.5. The molecule has 0 saturated carbocycles. The first-order chi connectivity index (χ1) is 14.0. The van der Waals surface area contributed by atoms with Crippen LogP contribution < -0.4 is 10.9 Å². The smallest absolute Gasteiger partial charge is 0.360 e. The molecule has 3 rings (SSSR count). The van der Waals surface area contributed by atoms with Crippen LogP contribution in [0.4, 0.5) is 0 Å². The lowest BCUT2D eigenvalue weighted by Crippen LogP contribution is -2.38. The fraction of sp³-hybridized carbons (Fsp3) is 0.273. The van der Waals surface area contributed by atoms with Crippen molar-refractivity contribution in [2.24, 2.45) is 0 Å². The van der Waals surface area contributed by atoms with Gasteiger partial charge in [0.25, 0.3) is 11.5 Å². The van der Waals surface area contributed by atoms with Gasteiger partial charge in [-0.15, -0.1) is 0 Å². The molecule has 1 heterocycles. The summed E-state index contributed by atoms with van der Waals surface area (Å²) in [6.45, 7) is 4.01. The van der Waals surface area contributed by atoms with Crippen LogP contribution in [-0.2, 0) is 9.53 Å². The number of carbonyl (C=O) groups is 2. The highest BCUT2D eigenvalue weighted by molar-refractivity contribution is 6.02. The molecular weight excluding hydrogens is 370 g/mol. The number of hydrogen-bond acceptors (Lipinski definition) is 5. The van der Waals surface area contributed by atoms with Crippen LogP contribution in [0.2, 0.25) is 0 Å². The summed E-state index contributed by atoms with van der Waals surface area (Å²) >= 11 is 0. The normalized spacial score (nSPS) is 12.9. The first-order valence-electron chi connectivity index (χ1n) is 9.52. The number of aromatic amines is 1. The van der Waals surface area contributed by atoms with E-state index in [0.717, 1.165) is 12.0 Å². The van der Waals surface area contributed by atoms with Crippen molar-refractivity contribution in [3.8, 4) is 0 Å². The Kier molecular flexibility index (Phi) is 6.39. The minimum absolute atomic E-state index is 0.0319. The van der Waals surface area contributed by atoms with Crippen molar-refractivity contribution in [3.05, 3.63) is 76.2 Å². The van der Waals surface area contributed by atoms with E-state index in [1.165, 1.54) is 6.92 Å². The molecule has 0 aliphatic carbocycles. The zero-order valence-corrected chi connectivity index (χ0v) is 16.3. The van der Waals surface area contributed by atoms with Gasteiger partial charge in [-0.2, -0.15) is 5.10 Å². The topological polar surface area (TPSA) is 101 Å². The second-order valence-corrected chi connectivity index (χ2v) is 6.76. The van der Waals surface area contributed by atoms with E-state index in [2.05, 4.69) is 22.4 Å². The Morgan fingerprint density at radius 1 is 1.07 bits per heavy atom. The van der Waals surface area contributed by atoms with Crippen LogP contribution in [-0.4, -0.2) is 34.7 Å². The molecule has 0 fully saturated rings. The van der Waals surface area contributed by atoms with Gasteiger partial charge >= 0.3 is 5.97 Å². The molecule has 0 unspecified atom stereocenters. The van der Waals surface area contributed by atoms with Gasteiger partial charge in [0, 0.05) is 17.8 Å². The zero-order chi connectivity index (χ0) is 20.8. The molecule has 7 nitrogen and oxygen atoms in total. The van der Waals surface area contributed by atoms with Crippen LogP contribution in [0.25, 0.3) is 10.8 Å². The van der Waals surface area contributed by atoms with Gasteiger partial charge in [0.2, 0.25) is 0 Å². The van der Waals surface area contributed by atoms with Gasteiger partial charge in [0.1, 0.15) is 0 Å². The number of hydrogen-bond donors (Lipinski definition) is 2. The average molecular weight is 393 g/mol. The maximum atomic E-state index is 12.5. The standard InChI is InChI=1S/C22H23N3O4/c1-3-15(16-9-5-4-6-10-16)13-23-20(26)14(2)29-22(28)19-17-11-7-8-12-18(17)21(27)25-24-19/h4-12,14-15H,3,13H2,1-2H3,(H,23,26)(H,25,27)/t14-,15+/m0/s1. The Hall–Kier alpha value is -3.48. The number of amides is 1. The van der Waals surface area contributed by atoms with Gasteiger partial charge in [0.15, 0.2) is 11.8 Å². The van der Waals surface area contributed by atoms with E-state index in [9.17, 15) is 14.4 Å². The van der Waals surface area contributed by atoms with Crippen LogP contribution in [0.3, 0.4) is 0 Å². The van der Waals surface area contributed by atoms with Gasteiger partial charge in [0.05, 0.1) is 5.39 Å². The molecule has 0 radical (unpaired) electrons. The Labute approximate surface area is 168 Å². The second-order valence-electron chi connectivity index (χ2n) is 6.76. The molecule has 0 bridgehead atoms. The summed E-state index contributed by atoms with van der Waals surface area (Å²) in [6.07, 6.45) is -0.130. The van der Waals surface area contributed by atoms with Gasteiger partial charge in [-0.25, -0.2) is 9.89 Å². The summed E-state index contributed by atoms with van der Waals surface area (Å²) in [4.78, 5) is 36.8. The fourth-order valence-corrected chi connectivity index (χ4v) is 3.13. The lowest BCUT2D eigenvalue weighted by atomic mass is 9.96. The number of rotatable bonds is 7. The summed E-state index contributed by atoms with van der Waals surface area (Å²) < 4.78 is 5.28. The molecular formula is C22H23N3O4. The van der Waals surface area contributed by atoms with Crippen LogP contribution in [0, 0.1) is 0 Å². The third-order valence-electron chi connectivity index (χ3n) is 4.83. The number of H-pyrrole nitrogens is 1. The second kappa shape index (κ2) is 9.14. The van der Waals surface area contributed by atoms with Crippen molar-refractivity contribution in [1.82, 2.24) is 15.5 Å². The van der Waals surface area contributed by atoms with E-state index in [-0.39, 0.29) is 17.5 Å². The fourth-order valence-electron chi connectivity index (χ4n) is 3.13. The van der Waals surface area contributed by atoms with Gasteiger partial charge in [-0.05, 0) is 25.0 Å². The Morgan fingerprint density at radius 2 is 1.72 bits per heavy atom. The number of nitrogens with zero attached hydrogens (tertiary/aromatic N) is 1. The highest BCUT2D eigenvalue weighted by Gasteiger charge is 2.22. The molecule has 3 aromatic rings. The molecule has 0 aliphatic heterocycles. The molecule has 1 amide bonds. The number of ether oxygens (including phenoxy) is 1. The van der Waals surface area contributed by atoms with Crippen molar-refractivity contribution < 1.29 is 14.3 Å². The first-order valence-corrected chi connectivity index (χ1v) is 9.52. The van der Waals surface area contributed by atoms with Crippen molar-refractivity contribution in [2.45, 2.75) is 32.3 Å². The number of carbonyl (C=O) groups excluding carboxylic acids is 2. The molecule has 0 saturated heterocycles. The first kappa shape index (κ1) is 20.3. The third kappa shape index (κ3) is 4.68. The minimum Gasteiger partial charge on any atom is -0.448 e. The molecule has 2 atom stereocenters. The molecule has 29 heavy (non-hydrogen) atoms.